The van der Waals surface area contributed by atoms with Crippen molar-refractivity contribution in [2.45, 2.75) is 84.0 Å². The Hall–Kier alpha value is -2.37. The molecule has 0 saturated heterocycles. The highest BCUT2D eigenvalue weighted by molar-refractivity contribution is 5.82. The fourth-order valence-electron chi connectivity index (χ4n) is 4.78. The summed E-state index contributed by atoms with van der Waals surface area (Å²) in [4.78, 5) is 35.0. The highest BCUT2D eigenvalue weighted by Gasteiger charge is 2.44. The molecule has 168 valence electrons. The minimum Gasteiger partial charge on any atom is -0.460 e. The van der Waals surface area contributed by atoms with E-state index < -0.39 is 17.9 Å². The van der Waals surface area contributed by atoms with Crippen LogP contribution in [0.25, 0.3) is 0 Å². The lowest BCUT2D eigenvalue weighted by Crippen LogP contribution is -2.42. The van der Waals surface area contributed by atoms with Crippen LogP contribution in [0.1, 0.15) is 65.7 Å². The second-order valence-electron chi connectivity index (χ2n) is 8.30. The van der Waals surface area contributed by atoms with Crippen LogP contribution in [0.2, 0.25) is 0 Å². The van der Waals surface area contributed by atoms with Crippen LogP contribution in [0.3, 0.4) is 0 Å². The molecule has 1 rings (SSSR count). The highest BCUT2D eigenvalue weighted by Crippen LogP contribution is 2.50. The Balaban J connectivity index is 3.08. The van der Waals surface area contributed by atoms with Crippen molar-refractivity contribution in [2.24, 2.45) is 11.3 Å². The van der Waals surface area contributed by atoms with Gasteiger partial charge in [0.05, 0.1) is 18.3 Å². The first-order chi connectivity index (χ1) is 14.2. The van der Waals surface area contributed by atoms with Gasteiger partial charge in [0, 0.05) is 18.2 Å². The quantitative estimate of drug-likeness (QED) is 0.259. The number of ether oxygens (including phenoxy) is 3. The third-order valence-corrected chi connectivity index (χ3v) is 5.80. The Labute approximate surface area is 180 Å². The molecule has 30 heavy (non-hydrogen) atoms. The maximum Gasteiger partial charge on any atom is 0.330 e. The zero-order valence-electron chi connectivity index (χ0n) is 18.6. The van der Waals surface area contributed by atoms with Gasteiger partial charge in [-0.25, -0.2) is 14.4 Å². The average Bonchev–Trinajstić information content (AvgIpc) is 2.68. The van der Waals surface area contributed by atoms with Crippen molar-refractivity contribution < 1.29 is 28.6 Å². The predicted octanol–water partition coefficient (Wildman–Crippen LogP) is 4.69. The van der Waals surface area contributed by atoms with Gasteiger partial charge < -0.3 is 14.2 Å². The van der Waals surface area contributed by atoms with Crippen LogP contribution in [0, 0.1) is 11.3 Å². The van der Waals surface area contributed by atoms with Crippen LogP contribution >= 0.6 is 0 Å². The molecule has 0 aromatic heterocycles. The van der Waals surface area contributed by atoms with E-state index in [-0.39, 0.29) is 29.6 Å². The van der Waals surface area contributed by atoms with E-state index >= 15 is 0 Å². The Morgan fingerprint density at radius 2 is 1.27 bits per heavy atom. The SMILES string of the molecule is C=CC(=O)OC(C)CC1CCCCC1(CC(C)OC(=O)C=C)CC(C)OC(=O)C=C. The highest BCUT2D eigenvalue weighted by atomic mass is 16.5. The van der Waals surface area contributed by atoms with Crippen LogP contribution < -0.4 is 0 Å². The molecule has 4 unspecified atom stereocenters. The van der Waals surface area contributed by atoms with E-state index in [9.17, 15) is 14.4 Å². The summed E-state index contributed by atoms with van der Waals surface area (Å²) >= 11 is 0. The molecule has 0 amide bonds. The molecular formula is C24H36O6. The summed E-state index contributed by atoms with van der Waals surface area (Å²) < 4.78 is 16.3. The number of rotatable bonds is 12. The monoisotopic (exact) mass is 420 g/mol. The van der Waals surface area contributed by atoms with Gasteiger partial charge in [-0.05, 0) is 64.2 Å². The van der Waals surface area contributed by atoms with Gasteiger partial charge >= 0.3 is 17.9 Å². The zero-order valence-corrected chi connectivity index (χ0v) is 18.6. The van der Waals surface area contributed by atoms with Gasteiger partial charge in [-0.15, -0.1) is 0 Å². The zero-order chi connectivity index (χ0) is 22.7. The van der Waals surface area contributed by atoms with Crippen molar-refractivity contribution >= 4 is 17.9 Å². The van der Waals surface area contributed by atoms with E-state index in [1.807, 2.05) is 20.8 Å². The molecule has 0 bridgehead atoms. The molecule has 0 aromatic carbocycles. The van der Waals surface area contributed by atoms with Crippen LogP contribution in [0.4, 0.5) is 0 Å². The largest absolute Gasteiger partial charge is 0.460 e. The minimum absolute atomic E-state index is 0.213. The Morgan fingerprint density at radius 1 is 0.833 bits per heavy atom. The maximum absolute atomic E-state index is 11.7. The topological polar surface area (TPSA) is 78.9 Å². The lowest BCUT2D eigenvalue weighted by molar-refractivity contribution is -0.151. The van der Waals surface area contributed by atoms with Gasteiger partial charge in [0.2, 0.25) is 0 Å². The summed E-state index contributed by atoms with van der Waals surface area (Å²) in [6.07, 6.45) is 8.56. The lowest BCUT2D eigenvalue weighted by atomic mass is 9.59. The van der Waals surface area contributed by atoms with Gasteiger partial charge in [0.25, 0.3) is 0 Å². The van der Waals surface area contributed by atoms with Gasteiger partial charge in [-0.3, -0.25) is 0 Å². The standard InChI is InChI=1S/C24H36O6/c1-7-21(25)28-17(4)14-20-12-10-11-13-24(20,15-18(5)29-22(26)8-2)16-19(6)30-23(27)9-3/h7-9,17-20H,1-3,10-16H2,4-6H3. The van der Waals surface area contributed by atoms with E-state index in [2.05, 4.69) is 19.7 Å². The smallest absolute Gasteiger partial charge is 0.330 e. The molecule has 0 N–H and O–H groups in total. The molecule has 0 spiro atoms. The van der Waals surface area contributed by atoms with Crippen LogP contribution in [0.15, 0.2) is 38.0 Å². The second kappa shape index (κ2) is 12.4. The summed E-state index contributed by atoms with van der Waals surface area (Å²) in [5, 5.41) is 0. The Kier molecular flexibility index (Phi) is 10.6. The Bertz CT molecular complexity index is 608. The first-order valence-corrected chi connectivity index (χ1v) is 10.6. The first kappa shape index (κ1) is 25.7. The first-order valence-electron chi connectivity index (χ1n) is 10.6. The molecule has 0 aliphatic heterocycles. The summed E-state index contributed by atoms with van der Waals surface area (Å²) in [6.45, 7) is 16.0. The van der Waals surface area contributed by atoms with E-state index in [4.69, 9.17) is 14.2 Å². The van der Waals surface area contributed by atoms with E-state index in [1.54, 1.807) is 0 Å². The molecule has 1 fully saturated rings. The van der Waals surface area contributed by atoms with Crippen molar-refractivity contribution in [1.29, 1.82) is 0 Å². The molecular weight excluding hydrogens is 384 g/mol. The van der Waals surface area contributed by atoms with E-state index in [0.29, 0.717) is 19.3 Å². The van der Waals surface area contributed by atoms with Crippen LogP contribution in [0.5, 0.6) is 0 Å². The van der Waals surface area contributed by atoms with Crippen molar-refractivity contribution in [2.75, 3.05) is 0 Å². The number of esters is 3. The molecule has 6 nitrogen and oxygen atoms in total. The van der Waals surface area contributed by atoms with Crippen molar-refractivity contribution in [3.8, 4) is 0 Å². The third kappa shape index (κ3) is 8.17. The number of carbonyl (C=O) groups excluding carboxylic acids is 3. The predicted molar refractivity (Wildman–Crippen MR) is 115 cm³/mol. The minimum atomic E-state index is -0.454. The van der Waals surface area contributed by atoms with Gasteiger partial charge in [-0.1, -0.05) is 32.6 Å². The molecule has 0 aromatic rings. The van der Waals surface area contributed by atoms with E-state index in [1.165, 1.54) is 0 Å². The summed E-state index contributed by atoms with van der Waals surface area (Å²) in [5.41, 5.74) is -0.213. The molecule has 4 atom stereocenters. The normalized spacial score (nSPS) is 23.9. The van der Waals surface area contributed by atoms with Crippen LogP contribution in [-0.4, -0.2) is 36.2 Å². The van der Waals surface area contributed by atoms with Gasteiger partial charge in [-0.2, -0.15) is 0 Å². The molecule has 6 heteroatoms. The van der Waals surface area contributed by atoms with Crippen molar-refractivity contribution in [1.82, 2.24) is 0 Å². The Morgan fingerprint density at radius 3 is 1.70 bits per heavy atom. The third-order valence-electron chi connectivity index (χ3n) is 5.80. The number of hydrogen-bond donors (Lipinski definition) is 0. The molecule has 0 radical (unpaired) electrons. The molecule has 1 aliphatic carbocycles. The molecule has 1 saturated carbocycles. The van der Waals surface area contributed by atoms with Crippen molar-refractivity contribution in [3.05, 3.63) is 38.0 Å². The maximum atomic E-state index is 11.7. The molecule has 1 aliphatic rings. The summed E-state index contributed by atoms with van der Waals surface area (Å²) in [5.74, 6) is -1.12. The van der Waals surface area contributed by atoms with Crippen LogP contribution in [-0.2, 0) is 28.6 Å². The second-order valence-corrected chi connectivity index (χ2v) is 8.30. The fourth-order valence-corrected chi connectivity index (χ4v) is 4.78. The van der Waals surface area contributed by atoms with E-state index in [0.717, 1.165) is 43.9 Å². The average molecular weight is 421 g/mol. The van der Waals surface area contributed by atoms with Gasteiger partial charge in [0.1, 0.15) is 0 Å². The summed E-state index contributed by atoms with van der Waals surface area (Å²) in [6, 6.07) is 0. The van der Waals surface area contributed by atoms with Crippen molar-refractivity contribution in [3.63, 3.8) is 0 Å². The lowest BCUT2D eigenvalue weighted by Gasteiger charge is -2.47. The van der Waals surface area contributed by atoms with Gasteiger partial charge in [0.15, 0.2) is 0 Å². The summed E-state index contributed by atoms with van der Waals surface area (Å²) in [7, 11) is 0. The number of carbonyl (C=O) groups is 3. The number of hydrogen-bond acceptors (Lipinski definition) is 6. The molecule has 0 heterocycles. The fraction of sp³-hybridized carbons (Fsp3) is 0.625.